The molecule has 24 nitrogen and oxygen atoms in total. The van der Waals surface area contributed by atoms with Gasteiger partial charge in [0.2, 0.25) is 17.2 Å². The first-order chi connectivity index (χ1) is 44.9. The van der Waals surface area contributed by atoms with Gasteiger partial charge in [-0.05, 0) is 142 Å². The van der Waals surface area contributed by atoms with Crippen LogP contribution in [0.15, 0.2) is 48.2 Å². The quantitative estimate of drug-likeness (QED) is 0.0146. The first-order valence-electron chi connectivity index (χ1n) is 31.7. The highest BCUT2D eigenvalue weighted by molar-refractivity contribution is 14.1. The van der Waals surface area contributed by atoms with Gasteiger partial charge in [0.05, 0.1) is 97.0 Å². The molecule has 28 heteroatoms. The van der Waals surface area contributed by atoms with E-state index in [0.717, 1.165) is 36.6 Å². The van der Waals surface area contributed by atoms with Gasteiger partial charge in [0.25, 0.3) is 0 Å². The second-order valence-electron chi connectivity index (χ2n) is 25.2. The highest BCUT2D eigenvalue weighted by Gasteiger charge is 2.53. The molecule has 520 valence electrons. The van der Waals surface area contributed by atoms with Crippen LogP contribution in [-0.2, 0) is 52.3 Å². The minimum absolute atomic E-state index is 0.0329. The maximum atomic E-state index is 14.5. The number of likely N-dealkylation sites (N-methyl/N-ethyl adjacent to an activating group) is 1. The number of aliphatic hydroxyl groups excluding tert-OH is 4. The second-order valence-corrected chi connectivity index (χ2v) is 30.3. The Morgan fingerprint density at radius 3 is 2.14 bits per heavy atom. The van der Waals surface area contributed by atoms with Crippen LogP contribution in [0.5, 0.6) is 17.2 Å². The number of carbonyl (C=O) groups is 3. The lowest BCUT2D eigenvalue weighted by Gasteiger charge is -2.56. The predicted octanol–water partition coefficient (Wildman–Crippen LogP) is 5.69. The number of rotatable bonds is 25. The van der Waals surface area contributed by atoms with Crippen LogP contribution in [0.25, 0.3) is 0 Å². The molecule has 0 spiro atoms. The van der Waals surface area contributed by atoms with Gasteiger partial charge in [0.1, 0.15) is 36.6 Å². The SMILES string of the molecule is C=C(NC(=O)OC)C(=O)C[C@@]1(O)C#C/C=C\C#C[C@H](O[C@@H]2O[C@H](C)[C@@H](NO[C@H]3C[C@H](O)[C@H](SC(=O)c4c(C)c(I)c(O[C@@H]5O[C@@H](C)[C@H](O)[C@@H](OC)[C@H]5O)c(OC)c4OC)[C@@H](C)O3)[C@H](O)[C@H]2O[C@H]2C[C@H](OC)[C@@H](NCC)CO2)C(=C)/C1=C\CSSC12CC3CC(CC(C3)C1)C2. The molecular formula is C66H90IN3O21S3. The van der Waals surface area contributed by atoms with Crippen molar-refractivity contribution in [2.75, 3.05) is 54.5 Å². The van der Waals surface area contributed by atoms with Crippen molar-refractivity contribution in [2.24, 2.45) is 17.8 Å². The number of methoxy groups -OCH3 is 5. The van der Waals surface area contributed by atoms with Gasteiger partial charge in [-0.15, -0.1) is 0 Å². The van der Waals surface area contributed by atoms with Gasteiger partial charge in [0, 0.05) is 37.6 Å². The second kappa shape index (κ2) is 33.1. The monoisotopic (exact) mass is 1480 g/mol. The van der Waals surface area contributed by atoms with Crippen LogP contribution in [-0.4, -0.2) is 217 Å². The molecule has 4 heterocycles. The van der Waals surface area contributed by atoms with Crippen molar-refractivity contribution in [1.29, 1.82) is 0 Å². The topological polar surface area (TPSA) is 308 Å². The Morgan fingerprint density at radius 2 is 1.50 bits per heavy atom. The number of benzene rings is 1. The highest BCUT2D eigenvalue weighted by atomic mass is 127. The third-order valence-corrected chi connectivity index (χ3v) is 24.6. The molecule has 0 aromatic heterocycles. The van der Waals surface area contributed by atoms with Crippen LogP contribution >= 0.6 is 55.9 Å². The van der Waals surface area contributed by atoms with Gasteiger partial charge in [-0.1, -0.05) is 83.2 Å². The molecule has 8 N–H and O–H groups in total. The summed E-state index contributed by atoms with van der Waals surface area (Å²) in [6.45, 7) is 17.7. The lowest BCUT2D eigenvalue weighted by molar-refractivity contribution is -0.336. The van der Waals surface area contributed by atoms with E-state index >= 15 is 0 Å². The fourth-order valence-corrected chi connectivity index (χ4v) is 19.4. The largest absolute Gasteiger partial charge is 0.492 e. The number of hydrogen-bond donors (Lipinski definition) is 8. The summed E-state index contributed by atoms with van der Waals surface area (Å²) in [6.07, 6.45) is -5.88. The standard InChI is InChI=1S/C66H90IN3O21S3/c1-13-68-42-31-84-47(26-46(42)79-8)89-58-53(74)51(70-91-48-25-43(71)60(37(7)85-48)93-61(76)49-33(3)50(67)56(59(82-11)55(49)80-9)90-62-54(75)57(81-10)52(73)36(6)87-62)35(5)86-63(58)88-45-18-16-14-15-17-20-66(78,30-44(72)34(4)69-64(77)83-12)41(32(45)2)19-21-92-94-65-27-38-22-39(28-65)24-40(23-38)29-65/h14-15,19,35-40,42-43,45-48,51-54,57-58,60,62-63,68,70-71,73-75,78H,2,4,13,21-31H2,1,3,5-12H3,(H,69,77)/b15-14-,41-19+/t35-,36+,37-,38?,39?,40?,42+,43+,45+,46+,47+,48+,51-,52+,53+,54-,57-,58-,60-,62+,63+,65?,66+/m1/s1. The summed E-state index contributed by atoms with van der Waals surface area (Å²) < 4.78 is 73.0. The number of hydrogen-bond acceptors (Lipinski definition) is 26. The van der Waals surface area contributed by atoms with Crippen LogP contribution in [0.4, 0.5) is 4.79 Å². The lowest BCUT2D eigenvalue weighted by atomic mass is 9.56. The zero-order valence-corrected chi connectivity index (χ0v) is 59.2. The minimum atomic E-state index is -2.23. The molecule has 10 rings (SSSR count). The Hall–Kier alpha value is -3.55. The Balaban J connectivity index is 0.923. The molecule has 4 bridgehead atoms. The number of alkyl carbamates (subject to hydrolysis) is 1. The number of halogens is 1. The number of ketones is 1. The molecule has 1 amide bonds. The Morgan fingerprint density at radius 1 is 0.819 bits per heavy atom. The van der Waals surface area contributed by atoms with Crippen molar-refractivity contribution in [3.05, 3.63) is 62.9 Å². The zero-order valence-electron chi connectivity index (χ0n) is 54.6. The van der Waals surface area contributed by atoms with E-state index in [1.54, 1.807) is 51.7 Å². The van der Waals surface area contributed by atoms with Gasteiger partial charge >= 0.3 is 6.09 Å². The molecule has 4 saturated heterocycles. The molecule has 19 atom stereocenters. The third kappa shape index (κ3) is 17.0. The number of thioether (sulfide) groups is 1. The number of ether oxygens (including phenoxy) is 12. The van der Waals surface area contributed by atoms with E-state index in [-0.39, 0.29) is 76.0 Å². The van der Waals surface area contributed by atoms with Crippen molar-refractivity contribution in [2.45, 2.75) is 212 Å². The van der Waals surface area contributed by atoms with E-state index < -0.39 is 127 Å². The number of nitrogens with one attached hydrogen (secondary N) is 3. The van der Waals surface area contributed by atoms with Crippen molar-refractivity contribution < 1.29 is 102 Å². The molecule has 4 saturated carbocycles. The molecule has 0 unspecified atom stereocenters. The average molecular weight is 1480 g/mol. The van der Waals surface area contributed by atoms with Gasteiger partial charge in [-0.25, -0.2) is 4.79 Å². The summed E-state index contributed by atoms with van der Waals surface area (Å²) in [7, 11) is 10.4. The van der Waals surface area contributed by atoms with Crippen LogP contribution in [0, 0.1) is 51.9 Å². The summed E-state index contributed by atoms with van der Waals surface area (Å²) in [5.41, 5.74) is 1.24. The third-order valence-electron chi connectivity index (χ3n) is 18.8. The Bertz CT molecular complexity index is 3050. The zero-order chi connectivity index (χ0) is 67.9. The molecule has 94 heavy (non-hydrogen) atoms. The average Bonchev–Trinajstić information content (AvgIpc) is 0.772. The lowest BCUT2D eigenvalue weighted by Crippen LogP contribution is -2.65. The predicted molar refractivity (Wildman–Crippen MR) is 358 cm³/mol. The van der Waals surface area contributed by atoms with Crippen molar-refractivity contribution in [1.82, 2.24) is 16.1 Å². The van der Waals surface area contributed by atoms with Crippen LogP contribution in [0.1, 0.15) is 101 Å². The van der Waals surface area contributed by atoms with Gasteiger partial charge in [-0.3, -0.25) is 19.7 Å². The Labute approximate surface area is 575 Å². The fraction of sp³-hybridized carbons (Fsp3) is 0.682. The molecule has 1 aromatic rings. The number of amides is 1. The van der Waals surface area contributed by atoms with E-state index in [1.807, 2.05) is 40.3 Å². The summed E-state index contributed by atoms with van der Waals surface area (Å²) in [6, 6.07) is -1.22. The maximum absolute atomic E-state index is 14.5. The summed E-state index contributed by atoms with van der Waals surface area (Å²) in [5, 5.41) is 63.4. The molecule has 9 aliphatic rings. The maximum Gasteiger partial charge on any atom is 0.411 e. The van der Waals surface area contributed by atoms with Gasteiger partial charge in [0.15, 0.2) is 41.8 Å². The summed E-state index contributed by atoms with van der Waals surface area (Å²) in [5.74, 6) is 13.8. The molecule has 4 aliphatic heterocycles. The molecule has 1 aromatic carbocycles. The van der Waals surface area contributed by atoms with E-state index in [2.05, 4.69) is 53.0 Å². The first-order valence-corrected chi connectivity index (χ1v) is 36.0. The minimum Gasteiger partial charge on any atom is -0.492 e. The fourth-order valence-electron chi connectivity index (χ4n) is 14.4. The molecule has 5 aliphatic carbocycles. The van der Waals surface area contributed by atoms with Gasteiger partial charge in [-0.2, -0.15) is 5.48 Å². The van der Waals surface area contributed by atoms with E-state index in [4.69, 9.17) is 61.7 Å². The Kier molecular flexibility index (Phi) is 26.3. The smallest absolute Gasteiger partial charge is 0.411 e. The summed E-state index contributed by atoms with van der Waals surface area (Å²) in [4.78, 5) is 46.8. The van der Waals surface area contributed by atoms with Crippen LogP contribution in [0.2, 0.25) is 0 Å². The first kappa shape index (κ1) is 74.7. The number of Topliss-reactive ketones (excluding diaryl/α,β-unsaturated/α-hetero) is 1. The van der Waals surface area contributed by atoms with Crippen LogP contribution < -0.4 is 30.3 Å². The number of carbonyl (C=O) groups excluding carboxylic acids is 3. The van der Waals surface area contributed by atoms with Crippen molar-refractivity contribution in [3.63, 3.8) is 0 Å². The number of hydroxylamine groups is 1. The highest BCUT2D eigenvalue weighted by Crippen LogP contribution is 2.63. The van der Waals surface area contributed by atoms with Crippen LogP contribution in [0.3, 0.4) is 0 Å². The molecule has 0 radical (unpaired) electrons. The number of allylic oxidation sites excluding steroid dienone is 3. The van der Waals surface area contributed by atoms with E-state index in [1.165, 1.54) is 72.0 Å². The molecular weight excluding hydrogens is 1390 g/mol. The normalized spacial score (nSPS) is 38.5. The summed E-state index contributed by atoms with van der Waals surface area (Å²) >= 11 is 2.85. The van der Waals surface area contributed by atoms with E-state index in [9.17, 15) is 39.9 Å². The van der Waals surface area contributed by atoms with Crippen molar-refractivity contribution in [3.8, 4) is 40.9 Å². The van der Waals surface area contributed by atoms with Crippen molar-refractivity contribution >= 4 is 72.9 Å². The molecule has 8 fully saturated rings. The van der Waals surface area contributed by atoms with Gasteiger partial charge < -0.3 is 87.7 Å². The van der Waals surface area contributed by atoms with E-state index in [0.29, 0.717) is 21.4 Å². The number of aliphatic hydroxyl groups is 5.